The second-order valence-corrected chi connectivity index (χ2v) is 4.57. The Hall–Kier alpha value is -1.76. The van der Waals surface area contributed by atoms with Crippen LogP contribution >= 0.6 is 0 Å². The zero-order valence-corrected chi connectivity index (χ0v) is 12.0. The summed E-state index contributed by atoms with van der Waals surface area (Å²) in [6.07, 6.45) is 3.72. The maximum absolute atomic E-state index is 4.49. The van der Waals surface area contributed by atoms with Crippen LogP contribution in [0.1, 0.15) is 37.0 Å². The van der Waals surface area contributed by atoms with Gasteiger partial charge in [0.2, 0.25) is 0 Å². The van der Waals surface area contributed by atoms with E-state index in [0.717, 1.165) is 30.9 Å². The average Bonchev–Trinajstić information content (AvgIpc) is 2.94. The molecule has 2 heterocycles. The van der Waals surface area contributed by atoms with E-state index in [9.17, 15) is 0 Å². The predicted octanol–water partition coefficient (Wildman–Crippen LogP) is 0.399. The van der Waals surface area contributed by atoms with Gasteiger partial charge in [0.05, 0.1) is 12.7 Å². The molecular formula is C12H21N7. The molecular weight excluding hydrogens is 242 g/mol. The Morgan fingerprint density at radius 2 is 2.05 bits per heavy atom. The van der Waals surface area contributed by atoms with Gasteiger partial charge >= 0.3 is 0 Å². The van der Waals surface area contributed by atoms with E-state index in [1.54, 1.807) is 7.05 Å². The molecule has 0 aromatic carbocycles. The van der Waals surface area contributed by atoms with Crippen LogP contribution in [0.2, 0.25) is 0 Å². The molecule has 0 saturated carbocycles. The molecule has 0 aliphatic heterocycles. The summed E-state index contributed by atoms with van der Waals surface area (Å²) in [6.45, 7) is 5.11. The summed E-state index contributed by atoms with van der Waals surface area (Å²) in [4.78, 5) is 1.49. The van der Waals surface area contributed by atoms with E-state index < -0.39 is 0 Å². The van der Waals surface area contributed by atoms with Gasteiger partial charge in [-0.3, -0.25) is 4.68 Å². The first-order chi connectivity index (χ1) is 9.13. The van der Waals surface area contributed by atoms with Gasteiger partial charge in [0.15, 0.2) is 5.82 Å². The Morgan fingerprint density at radius 3 is 2.63 bits per heavy atom. The monoisotopic (exact) mass is 263 g/mol. The van der Waals surface area contributed by atoms with Crippen LogP contribution in [-0.2, 0) is 26.9 Å². The molecule has 7 heteroatoms. The van der Waals surface area contributed by atoms with Crippen molar-refractivity contribution in [3.8, 4) is 0 Å². The standard InChI is InChI=1S/C12H21N7/c1-5-10-9(8-18(3)15-10)11(13-6-2)7-12-14-17-19(4)16-12/h8,11,13H,5-7H2,1-4H3. The molecule has 19 heavy (non-hydrogen) atoms. The number of hydrogen-bond acceptors (Lipinski definition) is 5. The summed E-state index contributed by atoms with van der Waals surface area (Å²) in [5, 5.41) is 20.2. The fraction of sp³-hybridized carbons (Fsp3) is 0.667. The first-order valence-electron chi connectivity index (χ1n) is 6.62. The fourth-order valence-electron chi connectivity index (χ4n) is 2.24. The van der Waals surface area contributed by atoms with Gasteiger partial charge in [-0.25, -0.2) is 0 Å². The quantitative estimate of drug-likeness (QED) is 0.816. The summed E-state index contributed by atoms with van der Waals surface area (Å²) in [5.41, 5.74) is 2.34. The number of nitrogens with one attached hydrogen (secondary N) is 1. The Morgan fingerprint density at radius 1 is 1.26 bits per heavy atom. The largest absolute Gasteiger partial charge is 0.310 e. The van der Waals surface area contributed by atoms with Crippen LogP contribution in [0.15, 0.2) is 6.20 Å². The highest BCUT2D eigenvalue weighted by atomic mass is 15.6. The molecule has 1 unspecified atom stereocenters. The smallest absolute Gasteiger partial charge is 0.176 e. The van der Waals surface area contributed by atoms with Crippen molar-refractivity contribution in [2.45, 2.75) is 32.7 Å². The Balaban J connectivity index is 2.23. The fourth-order valence-corrected chi connectivity index (χ4v) is 2.24. The minimum atomic E-state index is 0.179. The lowest BCUT2D eigenvalue weighted by molar-refractivity contribution is 0.531. The van der Waals surface area contributed by atoms with Crippen molar-refractivity contribution in [1.29, 1.82) is 0 Å². The third kappa shape index (κ3) is 3.17. The maximum Gasteiger partial charge on any atom is 0.176 e. The van der Waals surface area contributed by atoms with Crippen molar-refractivity contribution in [2.24, 2.45) is 14.1 Å². The number of tetrazole rings is 1. The van der Waals surface area contributed by atoms with Crippen molar-refractivity contribution in [3.63, 3.8) is 0 Å². The van der Waals surface area contributed by atoms with Crippen LogP contribution in [0.4, 0.5) is 0 Å². The van der Waals surface area contributed by atoms with E-state index in [0.29, 0.717) is 0 Å². The third-order valence-electron chi connectivity index (χ3n) is 3.03. The number of nitrogens with zero attached hydrogens (tertiary/aromatic N) is 6. The third-order valence-corrected chi connectivity index (χ3v) is 3.03. The number of aromatic nitrogens is 6. The van der Waals surface area contributed by atoms with Gasteiger partial charge in [-0.1, -0.05) is 13.8 Å². The van der Waals surface area contributed by atoms with Gasteiger partial charge in [-0.2, -0.15) is 9.90 Å². The minimum Gasteiger partial charge on any atom is -0.310 e. The van der Waals surface area contributed by atoms with Crippen molar-refractivity contribution in [1.82, 2.24) is 35.3 Å². The van der Waals surface area contributed by atoms with E-state index in [2.05, 4.69) is 45.9 Å². The van der Waals surface area contributed by atoms with Crippen molar-refractivity contribution in [3.05, 3.63) is 23.3 Å². The van der Waals surface area contributed by atoms with E-state index >= 15 is 0 Å². The van der Waals surface area contributed by atoms with Crippen LogP contribution in [0.3, 0.4) is 0 Å². The SMILES string of the molecule is CCNC(Cc1nnn(C)n1)c1cn(C)nc1CC. The van der Waals surface area contributed by atoms with Crippen LogP contribution < -0.4 is 5.32 Å². The van der Waals surface area contributed by atoms with Gasteiger partial charge in [-0.05, 0) is 18.2 Å². The highest BCUT2D eigenvalue weighted by Gasteiger charge is 2.19. The molecule has 0 amide bonds. The van der Waals surface area contributed by atoms with Crippen molar-refractivity contribution < 1.29 is 0 Å². The van der Waals surface area contributed by atoms with Crippen LogP contribution in [0.5, 0.6) is 0 Å². The van der Waals surface area contributed by atoms with Gasteiger partial charge in [0, 0.05) is 31.3 Å². The first kappa shape index (κ1) is 13.7. The molecule has 0 aliphatic rings. The number of aryl methyl sites for hydroxylation is 3. The molecule has 0 spiro atoms. The highest BCUT2D eigenvalue weighted by Crippen LogP contribution is 2.20. The molecule has 0 aliphatic carbocycles. The zero-order chi connectivity index (χ0) is 13.8. The molecule has 2 aromatic heterocycles. The lowest BCUT2D eigenvalue weighted by atomic mass is 10.0. The second kappa shape index (κ2) is 5.92. The lowest BCUT2D eigenvalue weighted by Gasteiger charge is -2.15. The minimum absolute atomic E-state index is 0.179. The van der Waals surface area contributed by atoms with Gasteiger partial charge < -0.3 is 5.32 Å². The summed E-state index contributed by atoms with van der Waals surface area (Å²) in [6, 6.07) is 0.179. The zero-order valence-electron chi connectivity index (χ0n) is 12.0. The molecule has 1 atom stereocenters. The number of hydrogen-bond donors (Lipinski definition) is 1. The summed E-state index contributed by atoms with van der Waals surface area (Å²) < 4.78 is 1.86. The van der Waals surface area contributed by atoms with Crippen molar-refractivity contribution in [2.75, 3.05) is 6.54 Å². The highest BCUT2D eigenvalue weighted by molar-refractivity contribution is 5.22. The van der Waals surface area contributed by atoms with Crippen LogP contribution in [-0.4, -0.2) is 36.5 Å². The summed E-state index contributed by atoms with van der Waals surface area (Å²) >= 11 is 0. The molecule has 0 bridgehead atoms. The average molecular weight is 263 g/mol. The molecule has 0 fully saturated rings. The van der Waals surface area contributed by atoms with E-state index in [1.807, 2.05) is 11.7 Å². The lowest BCUT2D eigenvalue weighted by Crippen LogP contribution is -2.24. The number of likely N-dealkylation sites (N-methyl/N-ethyl adjacent to an activating group) is 1. The van der Waals surface area contributed by atoms with Gasteiger partial charge in [0.25, 0.3) is 0 Å². The molecule has 1 N–H and O–H groups in total. The topological polar surface area (TPSA) is 73.5 Å². The summed E-state index contributed by atoms with van der Waals surface area (Å²) in [7, 11) is 3.73. The first-order valence-corrected chi connectivity index (χ1v) is 6.62. The molecule has 7 nitrogen and oxygen atoms in total. The summed E-state index contributed by atoms with van der Waals surface area (Å²) in [5.74, 6) is 0.749. The van der Waals surface area contributed by atoms with Gasteiger partial charge in [-0.15, -0.1) is 10.2 Å². The predicted molar refractivity (Wildman–Crippen MR) is 71.5 cm³/mol. The second-order valence-electron chi connectivity index (χ2n) is 4.57. The van der Waals surface area contributed by atoms with Crippen LogP contribution in [0.25, 0.3) is 0 Å². The van der Waals surface area contributed by atoms with E-state index in [1.165, 1.54) is 10.4 Å². The molecule has 104 valence electrons. The molecule has 2 rings (SSSR count). The Kier molecular flexibility index (Phi) is 4.26. The van der Waals surface area contributed by atoms with Crippen molar-refractivity contribution >= 4 is 0 Å². The maximum atomic E-state index is 4.49. The molecule has 2 aromatic rings. The Bertz CT molecular complexity index is 528. The van der Waals surface area contributed by atoms with Gasteiger partial charge in [0.1, 0.15) is 0 Å². The number of rotatable bonds is 6. The molecule has 0 radical (unpaired) electrons. The van der Waals surface area contributed by atoms with Crippen LogP contribution in [0, 0.1) is 0 Å². The molecule has 0 saturated heterocycles. The Labute approximate surface area is 113 Å². The normalized spacial score (nSPS) is 12.8. The van der Waals surface area contributed by atoms with E-state index in [4.69, 9.17) is 0 Å². The van der Waals surface area contributed by atoms with E-state index in [-0.39, 0.29) is 6.04 Å².